The lowest BCUT2D eigenvalue weighted by Gasteiger charge is -2.28. The highest BCUT2D eigenvalue weighted by Crippen LogP contribution is 2.25. The predicted molar refractivity (Wildman–Crippen MR) is 112 cm³/mol. The fourth-order valence-electron chi connectivity index (χ4n) is 3.32. The number of aryl methyl sites for hydroxylation is 1. The Balaban J connectivity index is 1.96. The van der Waals surface area contributed by atoms with Gasteiger partial charge in [0.2, 0.25) is 0 Å². The summed E-state index contributed by atoms with van der Waals surface area (Å²) in [5, 5.41) is 6.88. The Bertz CT molecular complexity index is 600. The number of guanidine groups is 1. The van der Waals surface area contributed by atoms with E-state index in [2.05, 4.69) is 55.4 Å². The molecule has 1 heterocycles. The Kier molecular flexibility index (Phi) is 8.88. The zero-order valence-electron chi connectivity index (χ0n) is 17.5. The number of nitrogens with zero attached hydrogens (tertiary/aromatic N) is 2. The molecule has 0 spiro atoms. The van der Waals surface area contributed by atoms with Gasteiger partial charge in [0.25, 0.3) is 0 Å². The van der Waals surface area contributed by atoms with Gasteiger partial charge in [-0.05, 0) is 32.8 Å². The maximum absolute atomic E-state index is 5.53. The van der Waals surface area contributed by atoms with Gasteiger partial charge in [0.1, 0.15) is 5.75 Å². The van der Waals surface area contributed by atoms with E-state index in [0.717, 1.165) is 63.2 Å². The highest BCUT2D eigenvalue weighted by Gasteiger charge is 2.15. The van der Waals surface area contributed by atoms with E-state index in [-0.39, 0.29) is 6.04 Å². The van der Waals surface area contributed by atoms with Crippen molar-refractivity contribution in [2.45, 2.75) is 33.7 Å². The van der Waals surface area contributed by atoms with E-state index in [0.29, 0.717) is 5.92 Å². The molecule has 6 heteroatoms. The molecule has 1 saturated heterocycles. The van der Waals surface area contributed by atoms with Gasteiger partial charge >= 0.3 is 0 Å². The number of methoxy groups -OCH3 is 1. The minimum atomic E-state index is 0.104. The Morgan fingerprint density at radius 1 is 1.30 bits per heavy atom. The fourth-order valence-corrected chi connectivity index (χ4v) is 3.32. The van der Waals surface area contributed by atoms with E-state index in [9.17, 15) is 0 Å². The lowest BCUT2D eigenvalue weighted by Crippen LogP contribution is -2.41. The first-order valence-corrected chi connectivity index (χ1v) is 10.0. The van der Waals surface area contributed by atoms with Crippen LogP contribution in [0.15, 0.2) is 23.2 Å². The van der Waals surface area contributed by atoms with Crippen molar-refractivity contribution in [2.75, 3.05) is 53.0 Å². The molecule has 1 aliphatic heterocycles. The zero-order chi connectivity index (χ0) is 19.6. The maximum atomic E-state index is 5.53. The monoisotopic (exact) mass is 376 g/mol. The van der Waals surface area contributed by atoms with Crippen LogP contribution in [0.25, 0.3) is 0 Å². The molecular formula is C21H36N4O2. The van der Waals surface area contributed by atoms with Crippen molar-refractivity contribution in [3.05, 3.63) is 29.3 Å². The van der Waals surface area contributed by atoms with Crippen LogP contribution in [0.2, 0.25) is 0 Å². The summed E-state index contributed by atoms with van der Waals surface area (Å²) in [4.78, 5) is 7.28. The van der Waals surface area contributed by atoms with Crippen molar-refractivity contribution < 1.29 is 9.47 Å². The number of benzene rings is 1. The second kappa shape index (κ2) is 11.1. The third kappa shape index (κ3) is 7.03. The molecule has 152 valence electrons. The normalized spacial score (nSPS) is 18.0. The molecule has 27 heavy (non-hydrogen) atoms. The third-order valence-corrected chi connectivity index (χ3v) is 4.78. The molecule has 0 radical (unpaired) electrons. The Morgan fingerprint density at radius 3 is 2.70 bits per heavy atom. The number of aliphatic imine (C=N–C) groups is 1. The quantitative estimate of drug-likeness (QED) is 0.539. The molecule has 2 atom stereocenters. The molecule has 0 aliphatic carbocycles. The topological polar surface area (TPSA) is 58.1 Å². The average molecular weight is 377 g/mol. The summed E-state index contributed by atoms with van der Waals surface area (Å²) in [6.07, 6.45) is 0. The van der Waals surface area contributed by atoms with Gasteiger partial charge in [-0.25, -0.2) is 0 Å². The molecule has 1 aliphatic rings. The molecule has 1 fully saturated rings. The van der Waals surface area contributed by atoms with Crippen LogP contribution in [-0.4, -0.2) is 63.9 Å². The SMILES string of the molecule is CCNC(=NCC(C)CN1CCOCC1)NC(C)c1cc(C)ccc1OC. The van der Waals surface area contributed by atoms with Crippen molar-refractivity contribution in [3.8, 4) is 5.75 Å². The number of morpholine rings is 1. The smallest absolute Gasteiger partial charge is 0.191 e. The highest BCUT2D eigenvalue weighted by molar-refractivity contribution is 5.80. The van der Waals surface area contributed by atoms with E-state index >= 15 is 0 Å². The lowest BCUT2D eigenvalue weighted by atomic mass is 10.0. The Labute approximate surface area is 164 Å². The van der Waals surface area contributed by atoms with Crippen LogP contribution < -0.4 is 15.4 Å². The summed E-state index contributed by atoms with van der Waals surface area (Å²) in [6.45, 7) is 15.0. The van der Waals surface area contributed by atoms with Crippen LogP contribution in [-0.2, 0) is 4.74 Å². The van der Waals surface area contributed by atoms with Gasteiger partial charge in [-0.15, -0.1) is 0 Å². The van der Waals surface area contributed by atoms with Gasteiger partial charge in [0.05, 0.1) is 26.4 Å². The largest absolute Gasteiger partial charge is 0.496 e. The van der Waals surface area contributed by atoms with Crippen LogP contribution in [0, 0.1) is 12.8 Å². The number of nitrogens with one attached hydrogen (secondary N) is 2. The molecule has 1 aromatic carbocycles. The molecule has 6 nitrogen and oxygen atoms in total. The summed E-state index contributed by atoms with van der Waals surface area (Å²) in [6, 6.07) is 6.37. The van der Waals surface area contributed by atoms with Crippen LogP contribution in [0.4, 0.5) is 0 Å². The molecule has 2 unspecified atom stereocenters. The Hall–Kier alpha value is -1.79. The number of rotatable bonds is 8. The van der Waals surface area contributed by atoms with Gasteiger partial charge in [0, 0.05) is 38.3 Å². The van der Waals surface area contributed by atoms with E-state index in [1.807, 2.05) is 6.07 Å². The highest BCUT2D eigenvalue weighted by atomic mass is 16.5. The molecule has 0 bridgehead atoms. The summed E-state index contributed by atoms with van der Waals surface area (Å²) < 4.78 is 11.0. The summed E-state index contributed by atoms with van der Waals surface area (Å²) >= 11 is 0. The molecule has 0 amide bonds. The van der Waals surface area contributed by atoms with Crippen LogP contribution >= 0.6 is 0 Å². The third-order valence-electron chi connectivity index (χ3n) is 4.78. The summed E-state index contributed by atoms with van der Waals surface area (Å²) in [5.41, 5.74) is 2.37. The predicted octanol–water partition coefficient (Wildman–Crippen LogP) is 2.59. The number of hydrogen-bond acceptors (Lipinski definition) is 4. The van der Waals surface area contributed by atoms with Crippen molar-refractivity contribution in [2.24, 2.45) is 10.9 Å². The molecular weight excluding hydrogens is 340 g/mol. The zero-order valence-corrected chi connectivity index (χ0v) is 17.5. The number of hydrogen-bond donors (Lipinski definition) is 2. The first-order chi connectivity index (χ1) is 13.0. The van der Waals surface area contributed by atoms with Crippen molar-refractivity contribution >= 4 is 5.96 Å². The van der Waals surface area contributed by atoms with Gasteiger partial charge in [-0.2, -0.15) is 0 Å². The second-order valence-electron chi connectivity index (χ2n) is 7.35. The summed E-state index contributed by atoms with van der Waals surface area (Å²) in [5.74, 6) is 2.25. The Morgan fingerprint density at radius 2 is 2.04 bits per heavy atom. The molecule has 2 N–H and O–H groups in total. The van der Waals surface area contributed by atoms with E-state index in [4.69, 9.17) is 14.5 Å². The summed E-state index contributed by atoms with van der Waals surface area (Å²) in [7, 11) is 1.72. The first-order valence-electron chi connectivity index (χ1n) is 10.0. The van der Waals surface area contributed by atoms with Crippen molar-refractivity contribution in [3.63, 3.8) is 0 Å². The van der Waals surface area contributed by atoms with E-state index in [1.54, 1.807) is 7.11 Å². The van der Waals surface area contributed by atoms with Gasteiger partial charge in [-0.1, -0.05) is 24.6 Å². The maximum Gasteiger partial charge on any atom is 0.191 e. The van der Waals surface area contributed by atoms with Gasteiger partial charge < -0.3 is 20.1 Å². The minimum Gasteiger partial charge on any atom is -0.496 e. The van der Waals surface area contributed by atoms with Crippen LogP contribution in [0.5, 0.6) is 5.75 Å². The average Bonchev–Trinajstić information content (AvgIpc) is 2.67. The van der Waals surface area contributed by atoms with E-state index < -0.39 is 0 Å². The standard InChI is InChI=1S/C21H36N4O2/c1-6-22-21(23-14-17(3)15-25-9-11-27-12-10-25)24-18(4)19-13-16(2)7-8-20(19)26-5/h7-8,13,17-18H,6,9-12,14-15H2,1-5H3,(H2,22,23,24). The van der Waals surface area contributed by atoms with Crippen LogP contribution in [0.1, 0.15) is 37.9 Å². The second-order valence-corrected chi connectivity index (χ2v) is 7.35. The number of ether oxygens (including phenoxy) is 2. The van der Waals surface area contributed by atoms with Crippen LogP contribution in [0.3, 0.4) is 0 Å². The van der Waals surface area contributed by atoms with Crippen molar-refractivity contribution in [1.29, 1.82) is 0 Å². The van der Waals surface area contributed by atoms with Crippen molar-refractivity contribution in [1.82, 2.24) is 15.5 Å². The fraction of sp³-hybridized carbons (Fsp3) is 0.667. The lowest BCUT2D eigenvalue weighted by molar-refractivity contribution is 0.0323. The van der Waals surface area contributed by atoms with Gasteiger partial charge in [0.15, 0.2) is 5.96 Å². The molecule has 0 aromatic heterocycles. The molecule has 0 saturated carbocycles. The first kappa shape index (κ1) is 21.5. The van der Waals surface area contributed by atoms with E-state index in [1.165, 1.54) is 5.56 Å². The van der Waals surface area contributed by atoms with Gasteiger partial charge in [-0.3, -0.25) is 9.89 Å². The molecule has 2 rings (SSSR count). The minimum absolute atomic E-state index is 0.104. The molecule has 1 aromatic rings.